The van der Waals surface area contributed by atoms with Gasteiger partial charge in [0.2, 0.25) is 0 Å². The van der Waals surface area contributed by atoms with E-state index in [0.717, 1.165) is 62.3 Å². The number of pyridine rings is 1. The van der Waals surface area contributed by atoms with Gasteiger partial charge in [-0.2, -0.15) is 0 Å². The maximum atomic E-state index is 5.48. The third-order valence-corrected chi connectivity index (χ3v) is 5.73. The number of halogens is 1. The number of nitrogens with zero attached hydrogens (tertiary/aromatic N) is 5. The molecule has 0 radical (unpaired) electrons. The Morgan fingerprint density at radius 2 is 1.84 bits per heavy atom. The quantitative estimate of drug-likeness (QED) is 0.302. The van der Waals surface area contributed by atoms with E-state index in [1.54, 1.807) is 7.05 Å². The van der Waals surface area contributed by atoms with Crippen LogP contribution in [0.5, 0.6) is 0 Å². The lowest BCUT2D eigenvalue weighted by molar-refractivity contribution is 0.312. The monoisotopic (exact) mass is 541 g/mol. The smallest absolute Gasteiger partial charge is 0.191 e. The number of piperazine rings is 1. The van der Waals surface area contributed by atoms with Gasteiger partial charge in [-0.1, -0.05) is 19.0 Å². The van der Waals surface area contributed by atoms with Crippen molar-refractivity contribution in [3.8, 4) is 0 Å². The van der Waals surface area contributed by atoms with Gasteiger partial charge in [0.15, 0.2) is 11.7 Å². The van der Waals surface area contributed by atoms with Crippen LogP contribution in [-0.4, -0.2) is 61.3 Å². The summed E-state index contributed by atoms with van der Waals surface area (Å²) in [6.45, 7) is 9.76. The standard InChI is InChI=1S/C22H35N7O.HI/c1-5-18(6-2)20-14-19(30-27-20)16-26-22(23-3)25-15-17-7-8-24-21(13-17)29-11-9-28(4)10-12-29;/h7-8,13-14,18H,5-6,9-12,15-16H2,1-4H3,(H2,23,25,26);1H. The Hall–Kier alpha value is -1.88. The van der Waals surface area contributed by atoms with Crippen molar-refractivity contribution in [3.63, 3.8) is 0 Å². The first-order valence-electron chi connectivity index (χ1n) is 10.9. The summed E-state index contributed by atoms with van der Waals surface area (Å²) in [5.41, 5.74) is 2.21. The Morgan fingerprint density at radius 3 is 2.52 bits per heavy atom. The predicted molar refractivity (Wildman–Crippen MR) is 136 cm³/mol. The molecular weight excluding hydrogens is 505 g/mol. The van der Waals surface area contributed by atoms with Crippen LogP contribution in [0.1, 0.15) is 49.6 Å². The molecule has 0 amide bonds. The lowest BCUT2D eigenvalue weighted by Crippen LogP contribution is -2.44. The van der Waals surface area contributed by atoms with Crippen molar-refractivity contribution in [3.05, 3.63) is 41.4 Å². The fourth-order valence-corrected chi connectivity index (χ4v) is 3.67. The van der Waals surface area contributed by atoms with E-state index in [1.165, 1.54) is 5.56 Å². The van der Waals surface area contributed by atoms with Gasteiger partial charge in [-0.05, 0) is 37.6 Å². The lowest BCUT2D eigenvalue weighted by Gasteiger charge is -2.33. The molecule has 2 N–H and O–H groups in total. The van der Waals surface area contributed by atoms with Crippen molar-refractivity contribution in [2.24, 2.45) is 4.99 Å². The number of hydrogen-bond acceptors (Lipinski definition) is 6. The first-order valence-corrected chi connectivity index (χ1v) is 10.9. The predicted octanol–water partition coefficient (Wildman–Crippen LogP) is 3.21. The van der Waals surface area contributed by atoms with Gasteiger partial charge in [0, 0.05) is 58.0 Å². The first-order chi connectivity index (χ1) is 14.6. The summed E-state index contributed by atoms with van der Waals surface area (Å²) in [7, 11) is 3.93. The van der Waals surface area contributed by atoms with Crippen molar-refractivity contribution < 1.29 is 4.52 Å². The Kier molecular flexibility index (Phi) is 10.5. The van der Waals surface area contributed by atoms with Crippen molar-refractivity contribution in [2.75, 3.05) is 45.2 Å². The van der Waals surface area contributed by atoms with Crippen LogP contribution in [0.4, 0.5) is 5.82 Å². The van der Waals surface area contributed by atoms with Crippen molar-refractivity contribution in [2.45, 2.75) is 45.7 Å². The molecule has 3 heterocycles. The molecule has 31 heavy (non-hydrogen) atoms. The summed E-state index contributed by atoms with van der Waals surface area (Å²) in [6.07, 6.45) is 4.02. The molecule has 0 atom stereocenters. The van der Waals surface area contributed by atoms with Crippen LogP contribution in [0.3, 0.4) is 0 Å². The maximum Gasteiger partial charge on any atom is 0.191 e. The van der Waals surface area contributed by atoms with Gasteiger partial charge in [-0.3, -0.25) is 4.99 Å². The van der Waals surface area contributed by atoms with Gasteiger partial charge >= 0.3 is 0 Å². The normalized spacial score (nSPS) is 15.1. The van der Waals surface area contributed by atoms with Crippen molar-refractivity contribution in [1.29, 1.82) is 0 Å². The molecule has 1 aliphatic rings. The van der Waals surface area contributed by atoms with Crippen molar-refractivity contribution >= 4 is 35.8 Å². The molecule has 0 saturated carbocycles. The molecule has 0 spiro atoms. The molecule has 3 rings (SSSR count). The summed E-state index contributed by atoms with van der Waals surface area (Å²) in [5.74, 6) is 3.05. The highest BCUT2D eigenvalue weighted by molar-refractivity contribution is 14.0. The SMILES string of the molecule is CCC(CC)c1cc(CNC(=NC)NCc2ccnc(N3CCN(C)CC3)c2)on1.I. The third kappa shape index (κ3) is 7.34. The molecule has 0 aliphatic carbocycles. The second kappa shape index (κ2) is 12.8. The highest BCUT2D eigenvalue weighted by atomic mass is 127. The molecule has 1 fully saturated rings. The third-order valence-electron chi connectivity index (χ3n) is 5.73. The van der Waals surface area contributed by atoms with E-state index < -0.39 is 0 Å². The molecule has 0 bridgehead atoms. The molecule has 2 aromatic rings. The first kappa shape index (κ1) is 25.4. The molecule has 1 aliphatic heterocycles. The number of likely N-dealkylation sites (N-methyl/N-ethyl adjacent to an activating group) is 1. The van der Waals surface area contributed by atoms with Crippen LogP contribution in [-0.2, 0) is 13.1 Å². The van der Waals surface area contributed by atoms with E-state index >= 15 is 0 Å². The number of aromatic nitrogens is 2. The van der Waals surface area contributed by atoms with Crippen molar-refractivity contribution in [1.82, 2.24) is 25.7 Å². The Labute approximate surface area is 202 Å². The largest absolute Gasteiger partial charge is 0.359 e. The number of rotatable bonds is 8. The van der Waals surface area contributed by atoms with Crippen LogP contribution in [0.25, 0.3) is 0 Å². The van der Waals surface area contributed by atoms with Crippen LogP contribution < -0.4 is 15.5 Å². The van der Waals surface area contributed by atoms with E-state index in [1.807, 2.05) is 18.3 Å². The molecule has 172 valence electrons. The van der Waals surface area contributed by atoms with Crippen LogP contribution in [0.2, 0.25) is 0 Å². The average Bonchev–Trinajstić information content (AvgIpc) is 3.24. The molecule has 2 aromatic heterocycles. The number of hydrogen-bond donors (Lipinski definition) is 2. The Bertz CT molecular complexity index is 814. The van der Waals surface area contributed by atoms with E-state index in [9.17, 15) is 0 Å². The zero-order valence-electron chi connectivity index (χ0n) is 19.1. The summed E-state index contributed by atoms with van der Waals surface area (Å²) in [4.78, 5) is 13.6. The van der Waals surface area contributed by atoms with E-state index in [4.69, 9.17) is 4.52 Å². The van der Waals surface area contributed by atoms with Gasteiger partial charge in [0.1, 0.15) is 5.82 Å². The molecule has 0 unspecified atom stereocenters. The fraction of sp³-hybridized carbons (Fsp3) is 0.591. The topological polar surface area (TPSA) is 81.8 Å². The molecule has 0 aromatic carbocycles. The summed E-state index contributed by atoms with van der Waals surface area (Å²) < 4.78 is 5.48. The van der Waals surface area contributed by atoms with Crippen LogP contribution in [0.15, 0.2) is 33.9 Å². The zero-order valence-corrected chi connectivity index (χ0v) is 21.4. The van der Waals surface area contributed by atoms with Gasteiger partial charge in [-0.15, -0.1) is 24.0 Å². The van der Waals surface area contributed by atoms with E-state index in [-0.39, 0.29) is 24.0 Å². The average molecular weight is 541 g/mol. The van der Waals surface area contributed by atoms with Gasteiger partial charge in [0.25, 0.3) is 0 Å². The minimum Gasteiger partial charge on any atom is -0.359 e. The van der Waals surface area contributed by atoms with Gasteiger partial charge in [0.05, 0.1) is 12.2 Å². The highest BCUT2D eigenvalue weighted by Gasteiger charge is 2.16. The molecular formula is C22H36IN7O. The lowest BCUT2D eigenvalue weighted by atomic mass is 9.99. The fourth-order valence-electron chi connectivity index (χ4n) is 3.67. The number of guanidine groups is 1. The summed E-state index contributed by atoms with van der Waals surface area (Å²) >= 11 is 0. The highest BCUT2D eigenvalue weighted by Crippen LogP contribution is 2.22. The minimum absolute atomic E-state index is 0. The van der Waals surface area contributed by atoms with E-state index in [2.05, 4.69) is 62.5 Å². The number of nitrogens with one attached hydrogen (secondary N) is 2. The maximum absolute atomic E-state index is 5.48. The number of aliphatic imine (C=N–C) groups is 1. The Morgan fingerprint density at radius 1 is 1.13 bits per heavy atom. The van der Waals surface area contributed by atoms with Gasteiger partial charge < -0.3 is 25.0 Å². The minimum atomic E-state index is 0. The number of anilines is 1. The zero-order chi connectivity index (χ0) is 21.3. The van der Waals surface area contributed by atoms with E-state index in [0.29, 0.717) is 19.0 Å². The van der Waals surface area contributed by atoms with Crippen LogP contribution >= 0.6 is 24.0 Å². The summed E-state index contributed by atoms with van der Waals surface area (Å²) in [5, 5.41) is 10.9. The Balaban J connectivity index is 0.00000341. The molecule has 1 saturated heterocycles. The molecule has 9 heteroatoms. The second-order valence-electron chi connectivity index (χ2n) is 7.82. The van der Waals surface area contributed by atoms with Crippen LogP contribution in [0, 0.1) is 0 Å². The molecule has 8 nitrogen and oxygen atoms in total. The van der Waals surface area contributed by atoms with Gasteiger partial charge in [-0.25, -0.2) is 4.98 Å². The summed E-state index contributed by atoms with van der Waals surface area (Å²) in [6, 6.07) is 6.24. The second-order valence-corrected chi connectivity index (χ2v) is 7.82.